The van der Waals surface area contributed by atoms with E-state index in [9.17, 15) is 4.79 Å². The molecule has 1 aliphatic carbocycles. The second-order valence-corrected chi connectivity index (χ2v) is 5.34. The Labute approximate surface area is 117 Å². The van der Waals surface area contributed by atoms with Crippen molar-refractivity contribution in [3.63, 3.8) is 0 Å². The Bertz CT molecular complexity index is 620. The van der Waals surface area contributed by atoms with E-state index in [1.54, 1.807) is 17.2 Å². The number of aromatic nitrogens is 1. The lowest BCUT2D eigenvalue weighted by atomic mass is 10.1. The number of fused-ring (bicyclic) bond motifs is 1. The fourth-order valence-corrected chi connectivity index (χ4v) is 2.92. The number of nitrogens with one attached hydrogen (secondary N) is 1. The highest BCUT2D eigenvalue weighted by molar-refractivity contribution is 6.30. The standard InChI is InChI=1S/C15H15ClN2O/c1-18(15(19)13-8-11(16)9-17-13)14-7-6-10-4-2-3-5-12(10)14/h2-5,8-9,14,17H,6-7H2,1H3/t14-/m0/s1. The van der Waals surface area contributed by atoms with Crippen LogP contribution in [-0.2, 0) is 6.42 Å². The summed E-state index contributed by atoms with van der Waals surface area (Å²) in [5.41, 5.74) is 3.14. The highest BCUT2D eigenvalue weighted by Crippen LogP contribution is 2.35. The van der Waals surface area contributed by atoms with Crippen molar-refractivity contribution in [3.05, 3.63) is 58.4 Å². The van der Waals surface area contributed by atoms with Crippen molar-refractivity contribution in [2.75, 3.05) is 7.05 Å². The number of H-pyrrole nitrogens is 1. The van der Waals surface area contributed by atoms with E-state index in [-0.39, 0.29) is 11.9 Å². The topological polar surface area (TPSA) is 36.1 Å². The third kappa shape index (κ3) is 2.15. The summed E-state index contributed by atoms with van der Waals surface area (Å²) in [6.07, 6.45) is 3.64. The molecule has 1 aliphatic rings. The second kappa shape index (κ2) is 4.74. The number of benzene rings is 1. The average Bonchev–Trinajstić information content (AvgIpc) is 3.03. The molecule has 0 spiro atoms. The average molecular weight is 275 g/mol. The molecule has 1 N–H and O–H groups in total. The lowest BCUT2D eigenvalue weighted by Crippen LogP contribution is -2.30. The summed E-state index contributed by atoms with van der Waals surface area (Å²) in [5.74, 6) is -0.0198. The van der Waals surface area contributed by atoms with Gasteiger partial charge < -0.3 is 9.88 Å². The number of hydrogen-bond donors (Lipinski definition) is 1. The van der Waals surface area contributed by atoms with Gasteiger partial charge in [-0.3, -0.25) is 4.79 Å². The zero-order chi connectivity index (χ0) is 13.4. The lowest BCUT2D eigenvalue weighted by Gasteiger charge is -2.25. The maximum Gasteiger partial charge on any atom is 0.270 e. The number of amides is 1. The molecule has 3 rings (SSSR count). The van der Waals surface area contributed by atoms with E-state index in [0.717, 1.165) is 12.8 Å². The zero-order valence-corrected chi connectivity index (χ0v) is 11.4. The Morgan fingerprint density at radius 3 is 2.95 bits per heavy atom. The first-order valence-corrected chi connectivity index (χ1v) is 6.73. The van der Waals surface area contributed by atoms with Crippen molar-refractivity contribution < 1.29 is 4.79 Å². The van der Waals surface area contributed by atoms with Crippen molar-refractivity contribution in [1.29, 1.82) is 0 Å². The van der Waals surface area contributed by atoms with Crippen LogP contribution < -0.4 is 0 Å². The third-order valence-corrected chi connectivity index (χ3v) is 3.99. The maximum absolute atomic E-state index is 12.4. The molecule has 0 saturated carbocycles. The van der Waals surface area contributed by atoms with Gasteiger partial charge in [0.05, 0.1) is 11.1 Å². The quantitative estimate of drug-likeness (QED) is 0.895. The zero-order valence-electron chi connectivity index (χ0n) is 10.7. The summed E-state index contributed by atoms with van der Waals surface area (Å²) < 4.78 is 0. The first-order chi connectivity index (χ1) is 9.16. The molecule has 0 unspecified atom stereocenters. The number of halogens is 1. The normalized spacial score (nSPS) is 17.3. The van der Waals surface area contributed by atoms with Gasteiger partial charge in [0.15, 0.2) is 0 Å². The number of rotatable bonds is 2. The van der Waals surface area contributed by atoms with Crippen LogP contribution in [0.4, 0.5) is 0 Å². The Balaban J connectivity index is 1.86. The van der Waals surface area contributed by atoms with Gasteiger partial charge in [-0.1, -0.05) is 35.9 Å². The van der Waals surface area contributed by atoms with Gasteiger partial charge in [-0.15, -0.1) is 0 Å². The number of hydrogen-bond acceptors (Lipinski definition) is 1. The SMILES string of the molecule is CN(C(=O)c1cc(Cl)c[nH]1)[C@H]1CCc2ccccc21. The highest BCUT2D eigenvalue weighted by Gasteiger charge is 2.29. The molecule has 0 aliphatic heterocycles. The van der Waals surface area contributed by atoms with E-state index in [0.29, 0.717) is 10.7 Å². The van der Waals surface area contributed by atoms with E-state index in [4.69, 9.17) is 11.6 Å². The summed E-state index contributed by atoms with van der Waals surface area (Å²) in [4.78, 5) is 17.1. The molecular formula is C15H15ClN2O. The van der Waals surface area contributed by atoms with Gasteiger partial charge >= 0.3 is 0 Å². The molecule has 0 saturated heterocycles. The van der Waals surface area contributed by atoms with E-state index >= 15 is 0 Å². The minimum Gasteiger partial charge on any atom is -0.356 e. The van der Waals surface area contributed by atoms with E-state index < -0.39 is 0 Å². The van der Waals surface area contributed by atoms with Gasteiger partial charge in [0, 0.05) is 13.2 Å². The van der Waals surface area contributed by atoms with E-state index in [1.165, 1.54) is 11.1 Å². The summed E-state index contributed by atoms with van der Waals surface area (Å²) in [7, 11) is 1.85. The van der Waals surface area contributed by atoms with Crippen LogP contribution in [0.2, 0.25) is 5.02 Å². The molecular weight excluding hydrogens is 260 g/mol. The first kappa shape index (κ1) is 12.3. The lowest BCUT2D eigenvalue weighted by molar-refractivity contribution is 0.0725. The Morgan fingerprint density at radius 1 is 1.42 bits per heavy atom. The van der Waals surface area contributed by atoms with Crippen molar-refractivity contribution in [2.45, 2.75) is 18.9 Å². The molecule has 4 heteroatoms. The molecule has 0 radical (unpaired) electrons. The van der Waals surface area contributed by atoms with Gasteiger partial charge in [-0.2, -0.15) is 0 Å². The van der Waals surface area contributed by atoms with E-state index in [1.807, 2.05) is 19.2 Å². The largest absolute Gasteiger partial charge is 0.356 e. The second-order valence-electron chi connectivity index (χ2n) is 4.90. The summed E-state index contributed by atoms with van der Waals surface area (Å²) >= 11 is 5.85. The molecule has 1 heterocycles. The molecule has 0 bridgehead atoms. The Morgan fingerprint density at radius 2 is 2.21 bits per heavy atom. The molecule has 0 fully saturated rings. The summed E-state index contributed by atoms with van der Waals surface area (Å²) in [6, 6.07) is 10.2. The summed E-state index contributed by atoms with van der Waals surface area (Å²) in [5, 5.41) is 0.559. The fraction of sp³-hybridized carbons (Fsp3) is 0.267. The van der Waals surface area contributed by atoms with Crippen LogP contribution in [0.1, 0.15) is 34.1 Å². The summed E-state index contributed by atoms with van der Waals surface area (Å²) in [6.45, 7) is 0. The third-order valence-electron chi connectivity index (χ3n) is 3.77. The minimum absolute atomic E-state index is 0.0198. The Kier molecular flexibility index (Phi) is 3.07. The number of aromatic amines is 1. The highest BCUT2D eigenvalue weighted by atomic mass is 35.5. The molecule has 1 amide bonds. The van der Waals surface area contributed by atoms with Gasteiger partial charge in [-0.05, 0) is 30.0 Å². The van der Waals surface area contributed by atoms with Crippen molar-refractivity contribution in [2.24, 2.45) is 0 Å². The van der Waals surface area contributed by atoms with Crippen molar-refractivity contribution in [3.8, 4) is 0 Å². The van der Waals surface area contributed by atoms with Gasteiger partial charge in [0.2, 0.25) is 0 Å². The van der Waals surface area contributed by atoms with Crippen LogP contribution in [0, 0.1) is 0 Å². The van der Waals surface area contributed by atoms with Gasteiger partial charge in [0.1, 0.15) is 5.69 Å². The molecule has 98 valence electrons. The van der Waals surface area contributed by atoms with Crippen LogP contribution in [0.3, 0.4) is 0 Å². The fourth-order valence-electron chi connectivity index (χ4n) is 2.76. The predicted molar refractivity (Wildman–Crippen MR) is 75.4 cm³/mol. The van der Waals surface area contributed by atoms with Gasteiger partial charge in [-0.25, -0.2) is 0 Å². The van der Waals surface area contributed by atoms with E-state index in [2.05, 4.69) is 17.1 Å². The van der Waals surface area contributed by atoms with Crippen molar-refractivity contribution in [1.82, 2.24) is 9.88 Å². The molecule has 3 nitrogen and oxygen atoms in total. The minimum atomic E-state index is -0.0198. The molecule has 1 atom stereocenters. The Hall–Kier alpha value is -1.74. The molecule has 1 aromatic heterocycles. The maximum atomic E-state index is 12.4. The van der Waals surface area contributed by atoms with Crippen LogP contribution in [0.15, 0.2) is 36.5 Å². The molecule has 2 aromatic rings. The monoisotopic (exact) mass is 274 g/mol. The van der Waals surface area contributed by atoms with Crippen LogP contribution in [-0.4, -0.2) is 22.8 Å². The predicted octanol–water partition coefficient (Wildman–Crippen LogP) is 3.43. The van der Waals surface area contributed by atoms with Crippen LogP contribution in [0.5, 0.6) is 0 Å². The van der Waals surface area contributed by atoms with Gasteiger partial charge in [0.25, 0.3) is 5.91 Å². The number of nitrogens with zero attached hydrogens (tertiary/aromatic N) is 1. The number of carbonyl (C=O) groups is 1. The van der Waals surface area contributed by atoms with Crippen LogP contribution in [0.25, 0.3) is 0 Å². The molecule has 1 aromatic carbocycles. The number of aryl methyl sites for hydroxylation is 1. The van der Waals surface area contributed by atoms with Crippen LogP contribution >= 0.6 is 11.6 Å². The number of carbonyl (C=O) groups excluding carboxylic acids is 1. The smallest absolute Gasteiger partial charge is 0.270 e. The van der Waals surface area contributed by atoms with Crippen molar-refractivity contribution >= 4 is 17.5 Å². The first-order valence-electron chi connectivity index (χ1n) is 6.35. The molecule has 19 heavy (non-hydrogen) atoms.